The summed E-state index contributed by atoms with van der Waals surface area (Å²) in [6, 6.07) is 16.3. The number of ether oxygens (including phenoxy) is 1. The van der Waals surface area contributed by atoms with Crippen LogP contribution in [0.25, 0.3) is 17.0 Å². The number of esters is 1. The van der Waals surface area contributed by atoms with E-state index in [1.54, 1.807) is 12.4 Å². The summed E-state index contributed by atoms with van der Waals surface area (Å²) in [6.45, 7) is 5.85. The Bertz CT molecular complexity index is 1340. The number of hydrogen-bond acceptors (Lipinski definition) is 6. The second-order valence-electron chi connectivity index (χ2n) is 10.1. The summed E-state index contributed by atoms with van der Waals surface area (Å²) in [5, 5.41) is 0. The van der Waals surface area contributed by atoms with Crippen molar-refractivity contribution in [2.75, 3.05) is 18.0 Å². The SMILES string of the molecule is CC1(C)OC(=O)C(C2CCN(c3cnc4ccn(-c5ncccn5)c4c3)CC2)[C@H]1c1ccccc1. The number of carbonyl (C=O) groups excluding carboxylic acids is 1. The molecule has 0 aliphatic carbocycles. The van der Waals surface area contributed by atoms with Gasteiger partial charge >= 0.3 is 5.97 Å². The van der Waals surface area contributed by atoms with Gasteiger partial charge in [0, 0.05) is 37.6 Å². The van der Waals surface area contributed by atoms with Crippen molar-refractivity contribution in [3.8, 4) is 5.95 Å². The molecule has 6 rings (SSSR count). The third kappa shape index (κ3) is 3.85. The van der Waals surface area contributed by atoms with E-state index >= 15 is 0 Å². The maximum atomic E-state index is 13.1. The number of anilines is 1. The van der Waals surface area contributed by atoms with Crippen molar-refractivity contribution in [3.63, 3.8) is 0 Å². The van der Waals surface area contributed by atoms with Crippen LogP contribution in [-0.4, -0.2) is 44.2 Å². The first-order valence-electron chi connectivity index (χ1n) is 12.3. The lowest BCUT2D eigenvalue weighted by atomic mass is 9.70. The lowest BCUT2D eigenvalue weighted by Crippen LogP contribution is -2.39. The van der Waals surface area contributed by atoms with Crippen molar-refractivity contribution in [2.45, 2.75) is 38.2 Å². The molecule has 0 spiro atoms. The number of hydrogen-bond donors (Lipinski definition) is 0. The number of piperidine rings is 1. The molecule has 3 aromatic heterocycles. The van der Waals surface area contributed by atoms with Gasteiger partial charge in [0.2, 0.25) is 5.95 Å². The van der Waals surface area contributed by atoms with Crippen molar-refractivity contribution in [1.29, 1.82) is 0 Å². The normalized spacial score (nSPS) is 22.5. The molecular weight excluding hydrogens is 438 g/mol. The molecule has 1 unspecified atom stereocenters. The van der Waals surface area contributed by atoms with E-state index in [0.717, 1.165) is 42.7 Å². The first-order chi connectivity index (χ1) is 17.0. The third-order valence-corrected chi connectivity index (χ3v) is 7.61. The lowest BCUT2D eigenvalue weighted by molar-refractivity contribution is -0.149. The molecule has 0 bridgehead atoms. The van der Waals surface area contributed by atoms with E-state index in [-0.39, 0.29) is 17.8 Å². The summed E-state index contributed by atoms with van der Waals surface area (Å²) in [4.78, 5) is 28.9. The van der Waals surface area contributed by atoms with Crippen LogP contribution >= 0.6 is 0 Å². The molecule has 2 fully saturated rings. The van der Waals surface area contributed by atoms with Gasteiger partial charge < -0.3 is 9.64 Å². The van der Waals surface area contributed by atoms with E-state index < -0.39 is 5.60 Å². The van der Waals surface area contributed by atoms with E-state index in [1.165, 1.54) is 5.56 Å². The Morgan fingerprint density at radius 1 is 0.971 bits per heavy atom. The maximum Gasteiger partial charge on any atom is 0.310 e. The van der Waals surface area contributed by atoms with Crippen molar-refractivity contribution < 1.29 is 9.53 Å². The predicted molar refractivity (Wildman–Crippen MR) is 134 cm³/mol. The van der Waals surface area contributed by atoms with Gasteiger partial charge in [0.15, 0.2) is 0 Å². The van der Waals surface area contributed by atoms with Crippen LogP contribution < -0.4 is 4.90 Å². The molecular formula is C28H29N5O2. The van der Waals surface area contributed by atoms with Crippen LogP contribution in [0, 0.1) is 11.8 Å². The Morgan fingerprint density at radius 2 is 1.71 bits per heavy atom. The van der Waals surface area contributed by atoms with Gasteiger partial charge in [-0.15, -0.1) is 0 Å². The molecule has 2 aliphatic rings. The smallest absolute Gasteiger partial charge is 0.310 e. The molecule has 0 amide bonds. The topological polar surface area (TPSA) is 73.1 Å². The van der Waals surface area contributed by atoms with Crippen LogP contribution in [0.1, 0.15) is 38.2 Å². The Morgan fingerprint density at radius 3 is 2.46 bits per heavy atom. The van der Waals surface area contributed by atoms with E-state index in [4.69, 9.17) is 4.74 Å². The van der Waals surface area contributed by atoms with Crippen LogP contribution in [0.15, 0.2) is 73.3 Å². The van der Waals surface area contributed by atoms with Gasteiger partial charge in [-0.1, -0.05) is 30.3 Å². The van der Waals surface area contributed by atoms with Gasteiger partial charge in [0.1, 0.15) is 5.60 Å². The van der Waals surface area contributed by atoms with E-state index in [0.29, 0.717) is 11.9 Å². The number of aromatic nitrogens is 4. The predicted octanol–water partition coefficient (Wildman–Crippen LogP) is 4.77. The largest absolute Gasteiger partial charge is 0.459 e. The van der Waals surface area contributed by atoms with Gasteiger partial charge in [0.25, 0.3) is 0 Å². The van der Waals surface area contributed by atoms with Crippen molar-refractivity contribution in [3.05, 3.63) is 78.9 Å². The van der Waals surface area contributed by atoms with Gasteiger partial charge in [-0.2, -0.15) is 0 Å². The minimum Gasteiger partial charge on any atom is -0.459 e. The second-order valence-corrected chi connectivity index (χ2v) is 10.1. The molecule has 7 heteroatoms. The number of carbonyl (C=O) groups is 1. The van der Waals surface area contributed by atoms with Crippen LogP contribution in [0.3, 0.4) is 0 Å². The Labute approximate surface area is 204 Å². The number of nitrogens with zero attached hydrogens (tertiary/aromatic N) is 5. The minimum atomic E-state index is -0.500. The third-order valence-electron chi connectivity index (χ3n) is 7.61. The molecule has 5 heterocycles. The fourth-order valence-corrected chi connectivity index (χ4v) is 5.97. The molecule has 178 valence electrons. The van der Waals surface area contributed by atoms with Crippen molar-refractivity contribution >= 4 is 22.7 Å². The maximum absolute atomic E-state index is 13.1. The van der Waals surface area contributed by atoms with E-state index in [1.807, 2.05) is 61.1 Å². The fourth-order valence-electron chi connectivity index (χ4n) is 5.97. The molecule has 1 aromatic carbocycles. The number of fused-ring (bicyclic) bond motifs is 1. The molecule has 0 saturated carbocycles. The zero-order valence-electron chi connectivity index (χ0n) is 20.0. The quantitative estimate of drug-likeness (QED) is 0.403. The number of benzene rings is 1. The zero-order chi connectivity index (χ0) is 24.0. The summed E-state index contributed by atoms with van der Waals surface area (Å²) in [6.07, 6.45) is 9.28. The van der Waals surface area contributed by atoms with Crippen LogP contribution in [0.2, 0.25) is 0 Å². The van der Waals surface area contributed by atoms with Crippen molar-refractivity contribution in [1.82, 2.24) is 19.5 Å². The first-order valence-corrected chi connectivity index (χ1v) is 12.3. The molecule has 35 heavy (non-hydrogen) atoms. The Hall–Kier alpha value is -3.74. The van der Waals surface area contributed by atoms with Gasteiger partial charge in [-0.25, -0.2) is 9.97 Å². The minimum absolute atomic E-state index is 0.0499. The van der Waals surface area contributed by atoms with Crippen molar-refractivity contribution in [2.24, 2.45) is 11.8 Å². The molecule has 2 aliphatic heterocycles. The summed E-state index contributed by atoms with van der Waals surface area (Å²) in [5.74, 6) is 0.840. The number of pyridine rings is 1. The molecule has 2 saturated heterocycles. The van der Waals surface area contributed by atoms with Crippen LogP contribution in [-0.2, 0) is 9.53 Å². The van der Waals surface area contributed by atoms with Crippen LogP contribution in [0.4, 0.5) is 5.69 Å². The monoisotopic (exact) mass is 467 g/mol. The van der Waals surface area contributed by atoms with Gasteiger partial charge in [-0.05, 0) is 56.4 Å². The number of rotatable bonds is 4. The zero-order valence-corrected chi connectivity index (χ0v) is 20.0. The molecule has 7 nitrogen and oxygen atoms in total. The van der Waals surface area contributed by atoms with Gasteiger partial charge in [-0.3, -0.25) is 14.3 Å². The summed E-state index contributed by atoms with van der Waals surface area (Å²) >= 11 is 0. The highest BCUT2D eigenvalue weighted by Gasteiger charge is 2.53. The highest BCUT2D eigenvalue weighted by atomic mass is 16.6. The molecule has 0 radical (unpaired) electrons. The Kier molecular flexibility index (Phi) is 5.28. The number of cyclic esters (lactones) is 1. The highest BCUT2D eigenvalue weighted by molar-refractivity contribution is 5.81. The van der Waals surface area contributed by atoms with E-state index in [2.05, 4.69) is 38.1 Å². The highest BCUT2D eigenvalue weighted by Crippen LogP contribution is 2.49. The average molecular weight is 468 g/mol. The molecule has 2 atom stereocenters. The van der Waals surface area contributed by atoms with Crippen LogP contribution in [0.5, 0.6) is 0 Å². The second kappa shape index (κ2) is 8.48. The summed E-state index contributed by atoms with van der Waals surface area (Å²) in [7, 11) is 0. The summed E-state index contributed by atoms with van der Waals surface area (Å²) < 4.78 is 7.88. The molecule has 0 N–H and O–H groups in total. The fraction of sp³-hybridized carbons (Fsp3) is 0.357. The standard InChI is InChI=1S/C28H29N5O2/c1-28(2)25(20-7-4-3-5-8-20)24(26(34)35-28)19-9-14-32(15-10-19)21-17-23-22(31-18-21)11-16-33(23)27-29-12-6-13-30-27/h3-8,11-13,16-19,24-25H,9-10,14-15H2,1-2H3/t24?,25-/m1/s1. The summed E-state index contributed by atoms with van der Waals surface area (Å²) in [5.41, 5.74) is 3.68. The average Bonchev–Trinajstić information content (AvgIpc) is 3.41. The van der Waals surface area contributed by atoms with E-state index in [9.17, 15) is 4.79 Å². The van der Waals surface area contributed by atoms with Gasteiger partial charge in [0.05, 0.1) is 28.8 Å². The molecule has 4 aromatic rings. The Balaban J connectivity index is 1.23. The first kappa shape index (κ1) is 21.8. The lowest BCUT2D eigenvalue weighted by Gasteiger charge is -2.37.